The van der Waals surface area contributed by atoms with Gasteiger partial charge in [0.05, 0.1) is 5.69 Å². The Kier molecular flexibility index (Phi) is 4.68. The zero-order chi connectivity index (χ0) is 19.1. The summed E-state index contributed by atoms with van der Waals surface area (Å²) < 4.78 is 1.42. The van der Waals surface area contributed by atoms with E-state index in [1.165, 1.54) is 23.6 Å². The fourth-order valence-corrected chi connectivity index (χ4v) is 4.92. The first-order chi connectivity index (χ1) is 12.9. The van der Waals surface area contributed by atoms with Gasteiger partial charge in [-0.05, 0) is 63.7 Å². The molecule has 4 atom stereocenters. The summed E-state index contributed by atoms with van der Waals surface area (Å²) in [5.41, 5.74) is 0.874. The van der Waals surface area contributed by atoms with Crippen LogP contribution in [-0.4, -0.2) is 58.7 Å². The van der Waals surface area contributed by atoms with Crippen LogP contribution in [-0.2, 0) is 0 Å². The number of fused-ring (bicyclic) bond motifs is 1. The smallest absolute Gasteiger partial charge is 0.271 e. The number of carbonyl (C=O) groups is 1. The highest BCUT2D eigenvalue weighted by molar-refractivity contribution is 5.92. The second-order valence-electron chi connectivity index (χ2n) is 8.33. The highest BCUT2D eigenvalue weighted by Crippen LogP contribution is 2.46. The molecule has 2 aromatic rings. The Morgan fingerprint density at radius 3 is 2.19 bits per heavy atom. The molecule has 0 radical (unpaired) electrons. The molecule has 1 aromatic heterocycles. The molecule has 1 heterocycles. The van der Waals surface area contributed by atoms with E-state index in [2.05, 4.69) is 24.1 Å². The number of H-pyrrole nitrogens is 1. The lowest BCUT2D eigenvalue weighted by molar-refractivity contribution is 0.0720. The van der Waals surface area contributed by atoms with Crippen molar-refractivity contribution in [3.63, 3.8) is 0 Å². The second kappa shape index (κ2) is 7.00. The summed E-state index contributed by atoms with van der Waals surface area (Å²) >= 11 is 0. The number of para-hydroxylation sites is 1. The van der Waals surface area contributed by atoms with E-state index in [0.29, 0.717) is 23.6 Å². The van der Waals surface area contributed by atoms with Crippen molar-refractivity contribution in [1.82, 2.24) is 19.6 Å². The zero-order valence-corrected chi connectivity index (χ0v) is 16.3. The molecule has 2 saturated carbocycles. The van der Waals surface area contributed by atoms with Crippen LogP contribution in [0.3, 0.4) is 0 Å². The highest BCUT2D eigenvalue weighted by Gasteiger charge is 2.44. The molecule has 0 bridgehead atoms. The first-order valence-corrected chi connectivity index (χ1v) is 9.75. The summed E-state index contributed by atoms with van der Waals surface area (Å²) in [6, 6.07) is 11.7. The van der Waals surface area contributed by atoms with Gasteiger partial charge in [-0.2, -0.15) is 0 Å². The lowest BCUT2D eigenvalue weighted by Gasteiger charge is -2.26. The van der Waals surface area contributed by atoms with Crippen LogP contribution in [0.1, 0.15) is 36.2 Å². The van der Waals surface area contributed by atoms with Gasteiger partial charge >= 0.3 is 0 Å². The molecule has 6 heteroatoms. The van der Waals surface area contributed by atoms with Crippen LogP contribution in [0.5, 0.6) is 0 Å². The summed E-state index contributed by atoms with van der Waals surface area (Å²) in [5.74, 6) is 1.33. The van der Waals surface area contributed by atoms with E-state index < -0.39 is 0 Å². The average Bonchev–Trinajstić information content (AvgIpc) is 3.33. The summed E-state index contributed by atoms with van der Waals surface area (Å²) in [6.07, 6.45) is 4.61. The zero-order valence-electron chi connectivity index (χ0n) is 16.3. The first-order valence-electron chi connectivity index (χ1n) is 9.75. The number of aromatic amines is 1. The van der Waals surface area contributed by atoms with Gasteiger partial charge in [-0.15, -0.1) is 0 Å². The molecule has 4 rings (SSSR count). The highest BCUT2D eigenvalue weighted by atomic mass is 16.2. The van der Waals surface area contributed by atoms with Crippen molar-refractivity contribution in [2.45, 2.75) is 37.8 Å². The molecule has 6 nitrogen and oxygen atoms in total. The standard InChI is InChI=1S/C21H28N4O2/c1-23(2)17-9-14-11-18(12-15(14)10-17)24(3)21(27)19-13-20(26)25(22-19)16-7-5-4-6-8-16/h4-8,13-15,17-18,22H,9-12H2,1-3H3/t14-,15+,17?,18?. The number of amides is 1. The Hall–Kier alpha value is -2.34. The molecule has 0 aliphatic heterocycles. The van der Waals surface area contributed by atoms with Crippen LogP contribution in [0.4, 0.5) is 0 Å². The van der Waals surface area contributed by atoms with Crippen molar-refractivity contribution in [3.05, 3.63) is 52.4 Å². The molecule has 144 valence electrons. The molecule has 27 heavy (non-hydrogen) atoms. The van der Waals surface area contributed by atoms with E-state index in [4.69, 9.17) is 0 Å². The van der Waals surface area contributed by atoms with E-state index in [1.807, 2.05) is 42.3 Å². The van der Waals surface area contributed by atoms with E-state index in [0.717, 1.165) is 18.5 Å². The predicted octanol–water partition coefficient (Wildman–Crippen LogP) is 2.36. The van der Waals surface area contributed by atoms with Gasteiger partial charge in [0, 0.05) is 25.2 Å². The third-order valence-corrected chi connectivity index (χ3v) is 6.53. The van der Waals surface area contributed by atoms with Crippen LogP contribution >= 0.6 is 0 Å². The molecular weight excluding hydrogens is 340 g/mol. The van der Waals surface area contributed by atoms with Crippen molar-refractivity contribution in [2.75, 3.05) is 21.1 Å². The molecule has 2 fully saturated rings. The van der Waals surface area contributed by atoms with E-state index in [-0.39, 0.29) is 17.5 Å². The summed E-state index contributed by atoms with van der Waals surface area (Å²) in [6.45, 7) is 0. The van der Waals surface area contributed by atoms with Gasteiger partial charge in [0.2, 0.25) is 0 Å². The Morgan fingerprint density at radius 1 is 1.00 bits per heavy atom. The molecule has 0 spiro atoms. The minimum Gasteiger partial charge on any atom is -0.337 e. The predicted molar refractivity (Wildman–Crippen MR) is 105 cm³/mol. The van der Waals surface area contributed by atoms with Gasteiger partial charge < -0.3 is 9.80 Å². The van der Waals surface area contributed by atoms with E-state index >= 15 is 0 Å². The molecule has 2 aliphatic carbocycles. The van der Waals surface area contributed by atoms with Crippen molar-refractivity contribution >= 4 is 5.91 Å². The van der Waals surface area contributed by atoms with Crippen molar-refractivity contribution < 1.29 is 4.79 Å². The summed E-state index contributed by atoms with van der Waals surface area (Å²) in [4.78, 5) is 29.4. The lowest BCUT2D eigenvalue weighted by atomic mass is 10.0. The minimum absolute atomic E-state index is 0.101. The number of rotatable bonds is 4. The number of hydrogen-bond acceptors (Lipinski definition) is 3. The Morgan fingerprint density at radius 2 is 1.59 bits per heavy atom. The molecule has 1 N–H and O–H groups in total. The molecule has 1 amide bonds. The summed E-state index contributed by atoms with van der Waals surface area (Å²) in [7, 11) is 6.19. The van der Waals surface area contributed by atoms with E-state index in [1.54, 1.807) is 0 Å². The Labute approximate surface area is 159 Å². The molecule has 0 saturated heterocycles. The van der Waals surface area contributed by atoms with Crippen molar-refractivity contribution in [3.8, 4) is 5.69 Å². The van der Waals surface area contributed by atoms with E-state index in [9.17, 15) is 9.59 Å². The van der Waals surface area contributed by atoms with Crippen LogP contribution in [0.2, 0.25) is 0 Å². The minimum atomic E-state index is -0.213. The lowest BCUT2D eigenvalue weighted by Crippen LogP contribution is -2.36. The quantitative estimate of drug-likeness (QED) is 0.901. The van der Waals surface area contributed by atoms with Crippen LogP contribution in [0.15, 0.2) is 41.2 Å². The maximum Gasteiger partial charge on any atom is 0.271 e. The fraction of sp³-hybridized carbons (Fsp3) is 0.524. The summed E-state index contributed by atoms with van der Waals surface area (Å²) in [5, 5.41) is 2.98. The topological polar surface area (TPSA) is 61.3 Å². The Balaban J connectivity index is 1.46. The van der Waals surface area contributed by atoms with Crippen molar-refractivity contribution in [1.29, 1.82) is 0 Å². The number of nitrogens with zero attached hydrogens (tertiary/aromatic N) is 3. The van der Waals surface area contributed by atoms with Gasteiger partial charge in [-0.25, -0.2) is 4.68 Å². The largest absolute Gasteiger partial charge is 0.337 e. The van der Waals surface area contributed by atoms with Crippen LogP contribution in [0, 0.1) is 11.8 Å². The van der Waals surface area contributed by atoms with Crippen molar-refractivity contribution in [2.24, 2.45) is 11.8 Å². The fourth-order valence-electron chi connectivity index (χ4n) is 4.92. The maximum atomic E-state index is 13.0. The number of nitrogens with one attached hydrogen (secondary N) is 1. The van der Waals surface area contributed by atoms with Gasteiger partial charge in [-0.1, -0.05) is 18.2 Å². The number of carbonyl (C=O) groups excluding carboxylic acids is 1. The second-order valence-corrected chi connectivity index (χ2v) is 8.33. The molecule has 1 aromatic carbocycles. The van der Waals surface area contributed by atoms with Gasteiger partial charge in [0.25, 0.3) is 11.5 Å². The SMILES string of the molecule is CN(C)C1C[C@@H]2CC(N(C)C(=O)c3cc(=O)n(-c4ccccc4)[nH]3)C[C@@H]2C1. The molecular formula is C21H28N4O2. The van der Waals surface area contributed by atoms with Gasteiger partial charge in [-0.3, -0.25) is 14.7 Å². The molecule has 2 unspecified atom stereocenters. The Bertz CT molecular complexity index is 856. The first kappa shape index (κ1) is 18.0. The van der Waals surface area contributed by atoms with Crippen LogP contribution < -0.4 is 5.56 Å². The third kappa shape index (κ3) is 3.34. The number of benzene rings is 1. The van der Waals surface area contributed by atoms with Gasteiger partial charge in [0.15, 0.2) is 0 Å². The molecule has 2 aliphatic rings. The average molecular weight is 368 g/mol. The monoisotopic (exact) mass is 368 g/mol. The number of hydrogen-bond donors (Lipinski definition) is 1. The number of aromatic nitrogens is 2. The third-order valence-electron chi connectivity index (χ3n) is 6.53. The normalized spacial score (nSPS) is 27.1. The maximum absolute atomic E-state index is 13.0. The van der Waals surface area contributed by atoms with Crippen LogP contribution in [0.25, 0.3) is 5.69 Å². The van der Waals surface area contributed by atoms with Gasteiger partial charge in [0.1, 0.15) is 5.69 Å².